The summed E-state index contributed by atoms with van der Waals surface area (Å²) < 4.78 is 0. The molecule has 1 atom stereocenters. The Balaban J connectivity index is 2.14. The van der Waals surface area contributed by atoms with E-state index in [0.29, 0.717) is 12.0 Å². The van der Waals surface area contributed by atoms with Crippen LogP contribution in [0.25, 0.3) is 0 Å². The molecule has 1 aromatic rings. The van der Waals surface area contributed by atoms with Crippen molar-refractivity contribution in [1.29, 1.82) is 0 Å². The van der Waals surface area contributed by atoms with Gasteiger partial charge in [0.15, 0.2) is 0 Å². The molecule has 0 aliphatic heterocycles. The highest BCUT2D eigenvalue weighted by molar-refractivity contribution is 6.30. The van der Waals surface area contributed by atoms with Crippen LogP contribution < -0.4 is 11.3 Å². The minimum atomic E-state index is 0.293. The summed E-state index contributed by atoms with van der Waals surface area (Å²) in [5, 5.41) is 0.776. The van der Waals surface area contributed by atoms with Crippen molar-refractivity contribution in [3.63, 3.8) is 0 Å². The molecule has 1 unspecified atom stereocenters. The van der Waals surface area contributed by atoms with Gasteiger partial charge in [0.1, 0.15) is 0 Å². The van der Waals surface area contributed by atoms with Crippen molar-refractivity contribution >= 4 is 11.6 Å². The molecular formula is C11H15ClN2. The number of rotatable bonds is 3. The van der Waals surface area contributed by atoms with Gasteiger partial charge in [-0.25, -0.2) is 0 Å². The Morgan fingerprint density at radius 3 is 2.36 bits per heavy atom. The molecule has 0 bridgehead atoms. The van der Waals surface area contributed by atoms with Crippen LogP contribution in [0, 0.1) is 5.92 Å². The summed E-state index contributed by atoms with van der Waals surface area (Å²) >= 11 is 5.84. The van der Waals surface area contributed by atoms with Crippen LogP contribution in [0.15, 0.2) is 24.3 Å². The van der Waals surface area contributed by atoms with Gasteiger partial charge in [-0.2, -0.15) is 0 Å². The third kappa shape index (κ3) is 1.92. The molecule has 2 rings (SSSR count). The van der Waals surface area contributed by atoms with Crippen LogP contribution in [0.1, 0.15) is 30.9 Å². The lowest BCUT2D eigenvalue weighted by Crippen LogP contribution is -2.36. The first kappa shape index (κ1) is 9.97. The van der Waals surface area contributed by atoms with E-state index in [1.54, 1.807) is 0 Å². The van der Waals surface area contributed by atoms with Gasteiger partial charge in [0, 0.05) is 11.1 Å². The Labute approximate surface area is 89.4 Å². The van der Waals surface area contributed by atoms with Gasteiger partial charge in [0.25, 0.3) is 0 Å². The lowest BCUT2D eigenvalue weighted by Gasteiger charge is -2.33. The molecule has 1 saturated carbocycles. The van der Waals surface area contributed by atoms with Crippen LogP contribution >= 0.6 is 11.6 Å². The first-order valence-corrected chi connectivity index (χ1v) is 5.40. The van der Waals surface area contributed by atoms with Crippen molar-refractivity contribution in [2.24, 2.45) is 11.8 Å². The molecule has 2 nitrogen and oxygen atoms in total. The molecule has 3 heteroatoms. The highest BCUT2D eigenvalue weighted by Gasteiger charge is 2.27. The van der Waals surface area contributed by atoms with Crippen LogP contribution in [0.4, 0.5) is 0 Å². The summed E-state index contributed by atoms with van der Waals surface area (Å²) in [5.74, 6) is 6.27. The molecule has 0 radical (unpaired) electrons. The minimum absolute atomic E-state index is 0.293. The maximum atomic E-state index is 5.84. The normalized spacial score (nSPS) is 19.0. The second kappa shape index (κ2) is 4.30. The summed E-state index contributed by atoms with van der Waals surface area (Å²) in [4.78, 5) is 0. The Morgan fingerprint density at radius 1 is 1.29 bits per heavy atom. The molecule has 0 saturated heterocycles. The fourth-order valence-corrected chi connectivity index (χ4v) is 2.07. The van der Waals surface area contributed by atoms with E-state index in [4.69, 9.17) is 17.4 Å². The molecule has 14 heavy (non-hydrogen) atoms. The van der Waals surface area contributed by atoms with Gasteiger partial charge in [0.05, 0.1) is 0 Å². The maximum absolute atomic E-state index is 5.84. The maximum Gasteiger partial charge on any atom is 0.0488 e. The van der Waals surface area contributed by atoms with Crippen molar-refractivity contribution in [3.05, 3.63) is 34.9 Å². The minimum Gasteiger partial charge on any atom is -0.271 e. The Morgan fingerprint density at radius 2 is 1.93 bits per heavy atom. The molecule has 1 fully saturated rings. The molecule has 3 N–H and O–H groups in total. The largest absolute Gasteiger partial charge is 0.271 e. The molecule has 1 aliphatic carbocycles. The molecule has 1 aromatic carbocycles. The Bertz CT molecular complexity index is 293. The highest BCUT2D eigenvalue weighted by atomic mass is 35.5. The number of nitrogens with one attached hydrogen (secondary N) is 1. The summed E-state index contributed by atoms with van der Waals surface area (Å²) in [6.07, 6.45) is 3.88. The standard InChI is InChI=1S/C11H15ClN2/c12-10-6-4-9(5-7-10)11(14-13)8-2-1-3-8/h4-8,11,14H,1-3,13H2. The summed E-state index contributed by atoms with van der Waals surface area (Å²) in [7, 11) is 0. The van der Waals surface area contributed by atoms with E-state index in [0.717, 1.165) is 5.02 Å². The third-order valence-electron chi connectivity index (χ3n) is 3.03. The highest BCUT2D eigenvalue weighted by Crippen LogP contribution is 2.37. The van der Waals surface area contributed by atoms with Gasteiger partial charge in [-0.3, -0.25) is 11.3 Å². The lowest BCUT2D eigenvalue weighted by molar-refractivity contribution is 0.232. The van der Waals surface area contributed by atoms with Crippen LogP contribution in [0.2, 0.25) is 5.02 Å². The van der Waals surface area contributed by atoms with Gasteiger partial charge < -0.3 is 0 Å². The first-order valence-electron chi connectivity index (χ1n) is 5.03. The molecule has 1 aliphatic rings. The molecule has 76 valence electrons. The van der Waals surface area contributed by atoms with E-state index in [9.17, 15) is 0 Å². The summed E-state index contributed by atoms with van der Waals surface area (Å²) in [6, 6.07) is 8.22. The van der Waals surface area contributed by atoms with E-state index in [-0.39, 0.29) is 0 Å². The van der Waals surface area contributed by atoms with Crippen LogP contribution in [0.5, 0.6) is 0 Å². The van der Waals surface area contributed by atoms with E-state index in [2.05, 4.69) is 5.43 Å². The Kier molecular flexibility index (Phi) is 3.06. The topological polar surface area (TPSA) is 38.0 Å². The van der Waals surface area contributed by atoms with Crippen LogP contribution in [0.3, 0.4) is 0 Å². The predicted molar refractivity (Wildman–Crippen MR) is 58.9 cm³/mol. The van der Waals surface area contributed by atoms with Crippen molar-refractivity contribution in [2.45, 2.75) is 25.3 Å². The van der Waals surface area contributed by atoms with E-state index < -0.39 is 0 Å². The molecule has 0 heterocycles. The average molecular weight is 211 g/mol. The second-order valence-electron chi connectivity index (χ2n) is 3.89. The average Bonchev–Trinajstić information content (AvgIpc) is 2.13. The molecule has 0 amide bonds. The van der Waals surface area contributed by atoms with Crippen molar-refractivity contribution in [1.82, 2.24) is 5.43 Å². The van der Waals surface area contributed by atoms with Gasteiger partial charge >= 0.3 is 0 Å². The summed E-state index contributed by atoms with van der Waals surface area (Å²) in [6.45, 7) is 0. The number of benzene rings is 1. The van der Waals surface area contributed by atoms with E-state index in [1.165, 1.54) is 24.8 Å². The number of hydrogen-bond acceptors (Lipinski definition) is 2. The first-order chi connectivity index (χ1) is 6.81. The van der Waals surface area contributed by atoms with Crippen LogP contribution in [-0.4, -0.2) is 0 Å². The van der Waals surface area contributed by atoms with Gasteiger partial charge in [0.2, 0.25) is 0 Å². The zero-order valence-electron chi connectivity index (χ0n) is 8.04. The third-order valence-corrected chi connectivity index (χ3v) is 3.28. The zero-order chi connectivity index (χ0) is 9.97. The smallest absolute Gasteiger partial charge is 0.0488 e. The fraction of sp³-hybridized carbons (Fsp3) is 0.455. The monoisotopic (exact) mass is 210 g/mol. The van der Waals surface area contributed by atoms with Crippen LogP contribution in [-0.2, 0) is 0 Å². The van der Waals surface area contributed by atoms with Crippen molar-refractivity contribution < 1.29 is 0 Å². The predicted octanol–water partition coefficient (Wildman–Crippen LogP) is 2.64. The zero-order valence-corrected chi connectivity index (χ0v) is 8.80. The fourth-order valence-electron chi connectivity index (χ4n) is 1.95. The molecular weight excluding hydrogens is 196 g/mol. The summed E-state index contributed by atoms with van der Waals surface area (Å²) in [5.41, 5.74) is 4.13. The molecule has 0 aromatic heterocycles. The van der Waals surface area contributed by atoms with E-state index >= 15 is 0 Å². The lowest BCUT2D eigenvalue weighted by atomic mass is 9.77. The Hall–Kier alpha value is -0.570. The van der Waals surface area contributed by atoms with Gasteiger partial charge in [-0.05, 0) is 36.5 Å². The number of hydrazine groups is 1. The number of halogens is 1. The van der Waals surface area contributed by atoms with E-state index in [1.807, 2.05) is 24.3 Å². The SMILES string of the molecule is NNC(c1ccc(Cl)cc1)C1CCC1. The second-order valence-corrected chi connectivity index (χ2v) is 4.32. The quantitative estimate of drug-likeness (QED) is 0.595. The van der Waals surface area contributed by atoms with Gasteiger partial charge in [-0.1, -0.05) is 30.2 Å². The van der Waals surface area contributed by atoms with Gasteiger partial charge in [-0.15, -0.1) is 0 Å². The number of hydrogen-bond donors (Lipinski definition) is 2. The van der Waals surface area contributed by atoms with Crippen molar-refractivity contribution in [3.8, 4) is 0 Å². The molecule has 0 spiro atoms. The van der Waals surface area contributed by atoms with Crippen molar-refractivity contribution in [2.75, 3.05) is 0 Å². The number of nitrogens with two attached hydrogens (primary N) is 1.